The SMILES string of the molecule is CCOC=O.Cc1csc2[nH]c(=O)n(CC3CCC3)c(=O)c12. The van der Waals surface area contributed by atoms with Crippen LogP contribution in [0.15, 0.2) is 15.0 Å². The van der Waals surface area contributed by atoms with Crippen LogP contribution in [0.4, 0.5) is 0 Å². The van der Waals surface area contributed by atoms with E-state index in [0.29, 0.717) is 35.8 Å². The Bertz CT molecular complexity index is 755. The van der Waals surface area contributed by atoms with Crippen LogP contribution in [-0.4, -0.2) is 22.6 Å². The average molecular weight is 324 g/mol. The lowest BCUT2D eigenvalue weighted by Gasteiger charge is -2.25. The predicted octanol–water partition coefficient (Wildman–Crippen LogP) is 2.04. The van der Waals surface area contributed by atoms with Crippen molar-refractivity contribution in [2.45, 2.75) is 39.7 Å². The van der Waals surface area contributed by atoms with Gasteiger partial charge in [-0.25, -0.2) is 4.79 Å². The van der Waals surface area contributed by atoms with E-state index in [4.69, 9.17) is 0 Å². The lowest BCUT2D eigenvalue weighted by molar-refractivity contribution is -0.128. The Kier molecular flexibility index (Phi) is 5.54. The molecule has 0 amide bonds. The van der Waals surface area contributed by atoms with Gasteiger partial charge < -0.3 is 4.74 Å². The van der Waals surface area contributed by atoms with Crippen LogP contribution in [0.5, 0.6) is 0 Å². The van der Waals surface area contributed by atoms with E-state index in [9.17, 15) is 14.4 Å². The number of nitrogens with one attached hydrogen (secondary N) is 1. The summed E-state index contributed by atoms with van der Waals surface area (Å²) in [7, 11) is 0. The standard InChI is InChI=1S/C12H14N2O2S.C3H6O2/c1-7-6-17-10-9(7)11(15)14(12(16)13-10)5-8-3-2-4-8;1-2-5-3-4/h6,8H,2-5H2,1H3,(H,13,16);3H,2H2,1H3. The third kappa shape index (κ3) is 3.47. The maximum Gasteiger partial charge on any atom is 0.329 e. The minimum atomic E-state index is -0.267. The zero-order chi connectivity index (χ0) is 16.1. The highest BCUT2D eigenvalue weighted by atomic mass is 32.1. The molecule has 120 valence electrons. The van der Waals surface area contributed by atoms with E-state index in [0.717, 1.165) is 18.4 Å². The first-order valence-corrected chi connectivity index (χ1v) is 8.22. The summed E-state index contributed by atoms with van der Waals surface area (Å²) in [6, 6.07) is 0. The highest BCUT2D eigenvalue weighted by Crippen LogP contribution is 2.27. The van der Waals surface area contributed by atoms with E-state index >= 15 is 0 Å². The Labute approximate surface area is 131 Å². The second-order valence-electron chi connectivity index (χ2n) is 5.32. The maximum atomic E-state index is 12.3. The van der Waals surface area contributed by atoms with Gasteiger partial charge in [0, 0.05) is 6.54 Å². The van der Waals surface area contributed by atoms with Gasteiger partial charge in [-0.1, -0.05) is 6.42 Å². The van der Waals surface area contributed by atoms with Crippen LogP contribution in [0.25, 0.3) is 10.2 Å². The zero-order valence-electron chi connectivity index (χ0n) is 12.8. The minimum absolute atomic E-state index is 0.130. The first-order chi connectivity index (χ1) is 10.6. The summed E-state index contributed by atoms with van der Waals surface area (Å²) in [6.07, 6.45) is 3.48. The van der Waals surface area contributed by atoms with Gasteiger partial charge in [0.15, 0.2) is 0 Å². The second-order valence-corrected chi connectivity index (χ2v) is 6.20. The molecule has 1 N–H and O–H groups in total. The van der Waals surface area contributed by atoms with E-state index in [1.165, 1.54) is 22.3 Å². The van der Waals surface area contributed by atoms with Gasteiger partial charge >= 0.3 is 5.69 Å². The summed E-state index contributed by atoms with van der Waals surface area (Å²) in [5.74, 6) is 0.505. The molecule has 0 radical (unpaired) electrons. The smallest absolute Gasteiger partial charge is 0.329 e. The molecule has 1 saturated carbocycles. The van der Waals surface area contributed by atoms with Crippen molar-refractivity contribution in [3.8, 4) is 0 Å². The summed E-state index contributed by atoms with van der Waals surface area (Å²) in [5.41, 5.74) is 0.555. The number of carbonyl (C=O) groups is 1. The molecule has 3 rings (SSSR count). The molecule has 1 fully saturated rings. The second kappa shape index (κ2) is 7.40. The Balaban J connectivity index is 0.000000309. The van der Waals surface area contributed by atoms with Gasteiger partial charge in [-0.15, -0.1) is 11.3 Å². The van der Waals surface area contributed by atoms with Crippen LogP contribution in [0.1, 0.15) is 31.7 Å². The highest BCUT2D eigenvalue weighted by molar-refractivity contribution is 7.16. The number of rotatable bonds is 4. The maximum absolute atomic E-state index is 12.3. The van der Waals surface area contributed by atoms with Gasteiger partial charge in [0.25, 0.3) is 12.0 Å². The van der Waals surface area contributed by atoms with Crippen molar-refractivity contribution in [3.63, 3.8) is 0 Å². The number of thiophene rings is 1. The third-order valence-corrected chi connectivity index (χ3v) is 4.81. The molecule has 2 heterocycles. The molecule has 6 nitrogen and oxygen atoms in total. The minimum Gasteiger partial charge on any atom is -0.468 e. The number of carbonyl (C=O) groups excluding carboxylic acids is 1. The molecule has 0 spiro atoms. The molecule has 0 aromatic carbocycles. The van der Waals surface area contributed by atoms with Crippen molar-refractivity contribution in [2.75, 3.05) is 6.61 Å². The normalized spacial score (nSPS) is 14.1. The number of hydrogen-bond acceptors (Lipinski definition) is 5. The fourth-order valence-corrected chi connectivity index (χ4v) is 3.29. The molecule has 1 aliphatic rings. The highest BCUT2D eigenvalue weighted by Gasteiger charge is 2.20. The van der Waals surface area contributed by atoms with Gasteiger partial charge in [-0.3, -0.25) is 19.1 Å². The number of nitrogens with zero attached hydrogens (tertiary/aromatic N) is 1. The van der Waals surface area contributed by atoms with Crippen molar-refractivity contribution in [1.82, 2.24) is 9.55 Å². The fraction of sp³-hybridized carbons (Fsp3) is 0.533. The van der Waals surface area contributed by atoms with Crippen LogP contribution < -0.4 is 11.2 Å². The first kappa shape index (κ1) is 16.5. The molecular weight excluding hydrogens is 304 g/mol. The number of fused-ring (bicyclic) bond motifs is 1. The Morgan fingerprint density at radius 1 is 1.45 bits per heavy atom. The number of hydrogen-bond donors (Lipinski definition) is 1. The first-order valence-electron chi connectivity index (χ1n) is 7.34. The molecule has 0 aliphatic heterocycles. The quantitative estimate of drug-likeness (QED) is 0.873. The third-order valence-electron chi connectivity index (χ3n) is 3.80. The molecular formula is C15H20N2O4S. The molecule has 0 saturated heterocycles. The lowest BCUT2D eigenvalue weighted by Crippen LogP contribution is -2.38. The number of H-pyrrole nitrogens is 1. The number of aromatic amines is 1. The van der Waals surface area contributed by atoms with Crippen molar-refractivity contribution < 1.29 is 9.53 Å². The van der Waals surface area contributed by atoms with Gasteiger partial charge in [0.05, 0.1) is 12.0 Å². The molecule has 7 heteroatoms. The monoisotopic (exact) mass is 324 g/mol. The van der Waals surface area contributed by atoms with Gasteiger partial charge in [-0.05, 0) is 43.6 Å². The van der Waals surface area contributed by atoms with Crippen molar-refractivity contribution in [1.29, 1.82) is 0 Å². The van der Waals surface area contributed by atoms with Crippen LogP contribution in [-0.2, 0) is 16.1 Å². The fourth-order valence-electron chi connectivity index (χ4n) is 2.36. The number of ether oxygens (including phenoxy) is 1. The van der Waals surface area contributed by atoms with E-state index in [-0.39, 0.29) is 11.2 Å². The van der Waals surface area contributed by atoms with Gasteiger partial charge in [0.2, 0.25) is 0 Å². The van der Waals surface area contributed by atoms with Crippen LogP contribution in [0.3, 0.4) is 0 Å². The van der Waals surface area contributed by atoms with E-state index in [1.54, 1.807) is 6.92 Å². The summed E-state index contributed by atoms with van der Waals surface area (Å²) < 4.78 is 5.52. The molecule has 1 aliphatic carbocycles. The molecule has 0 atom stereocenters. The van der Waals surface area contributed by atoms with Crippen LogP contribution in [0, 0.1) is 12.8 Å². The van der Waals surface area contributed by atoms with Crippen molar-refractivity contribution in [3.05, 3.63) is 31.8 Å². The van der Waals surface area contributed by atoms with E-state index < -0.39 is 0 Å². The summed E-state index contributed by atoms with van der Waals surface area (Å²) in [5, 5.41) is 2.59. The molecule has 22 heavy (non-hydrogen) atoms. The lowest BCUT2D eigenvalue weighted by atomic mass is 9.85. The predicted molar refractivity (Wildman–Crippen MR) is 86.5 cm³/mol. The molecule has 2 aromatic heterocycles. The van der Waals surface area contributed by atoms with Crippen LogP contribution in [0.2, 0.25) is 0 Å². The largest absolute Gasteiger partial charge is 0.468 e. The molecule has 2 aromatic rings. The topological polar surface area (TPSA) is 81.2 Å². The van der Waals surface area contributed by atoms with Gasteiger partial charge in [0.1, 0.15) is 4.83 Å². The van der Waals surface area contributed by atoms with Crippen molar-refractivity contribution in [2.24, 2.45) is 5.92 Å². The molecule has 0 bridgehead atoms. The van der Waals surface area contributed by atoms with E-state index in [1.807, 2.05) is 12.3 Å². The summed E-state index contributed by atoms with van der Waals surface area (Å²) >= 11 is 1.42. The Morgan fingerprint density at radius 2 is 2.18 bits per heavy atom. The van der Waals surface area contributed by atoms with Crippen LogP contribution >= 0.6 is 11.3 Å². The van der Waals surface area contributed by atoms with Gasteiger partial charge in [-0.2, -0.15) is 0 Å². The molecule has 0 unspecified atom stereocenters. The number of aromatic nitrogens is 2. The van der Waals surface area contributed by atoms with Crippen molar-refractivity contribution >= 4 is 28.0 Å². The summed E-state index contributed by atoms with van der Waals surface area (Å²) in [4.78, 5) is 36.8. The zero-order valence-corrected chi connectivity index (χ0v) is 13.6. The number of aryl methyl sites for hydroxylation is 1. The summed E-state index contributed by atoms with van der Waals surface area (Å²) in [6.45, 7) is 5.14. The van der Waals surface area contributed by atoms with E-state index in [2.05, 4.69) is 9.72 Å². The Morgan fingerprint density at radius 3 is 2.68 bits per heavy atom. The Hall–Kier alpha value is -1.89. The average Bonchev–Trinajstić information content (AvgIpc) is 2.79.